The summed E-state index contributed by atoms with van der Waals surface area (Å²) in [4.78, 5) is 8.02. The van der Waals surface area contributed by atoms with E-state index < -0.39 is 11.9 Å². The monoisotopic (exact) mass is 331 g/mol. The van der Waals surface area contributed by atoms with Gasteiger partial charge in [0, 0.05) is 24.7 Å². The summed E-state index contributed by atoms with van der Waals surface area (Å²) in [6.07, 6.45) is 2.45. The van der Waals surface area contributed by atoms with Gasteiger partial charge in [-0.25, -0.2) is 9.97 Å². The predicted octanol–water partition coefficient (Wildman–Crippen LogP) is 1.54. The average molecular weight is 332 g/mol. The van der Waals surface area contributed by atoms with E-state index in [0.717, 1.165) is 5.75 Å². The molecule has 3 heterocycles. The van der Waals surface area contributed by atoms with E-state index in [0.29, 0.717) is 17.5 Å². The Morgan fingerprint density at radius 1 is 1.48 bits per heavy atom. The average Bonchev–Trinajstić information content (AvgIpc) is 2.92. The molecule has 4 atom stereocenters. The van der Waals surface area contributed by atoms with Crippen LogP contribution in [0, 0.1) is 0 Å². The zero-order valence-electron chi connectivity index (χ0n) is 11.8. The molecule has 2 N–H and O–H groups in total. The van der Waals surface area contributed by atoms with Gasteiger partial charge in [0.25, 0.3) is 0 Å². The summed E-state index contributed by atoms with van der Waals surface area (Å²) in [5.74, 6) is 0.735. The van der Waals surface area contributed by atoms with Crippen LogP contribution in [-0.4, -0.2) is 56.7 Å². The van der Waals surface area contributed by atoms with Crippen molar-refractivity contribution in [2.24, 2.45) is 0 Å². The van der Waals surface area contributed by atoms with Gasteiger partial charge in [-0.2, -0.15) is 11.8 Å². The first-order valence-corrected chi connectivity index (χ1v) is 8.24. The first-order valence-electron chi connectivity index (χ1n) is 6.82. The fourth-order valence-electron chi connectivity index (χ4n) is 2.66. The molecular weight excluding hydrogens is 314 g/mol. The van der Waals surface area contributed by atoms with Gasteiger partial charge in [0.05, 0.1) is 17.5 Å². The molecule has 2 aliphatic rings. The van der Waals surface area contributed by atoms with Crippen LogP contribution in [0.3, 0.4) is 0 Å². The van der Waals surface area contributed by atoms with Crippen molar-refractivity contribution in [1.82, 2.24) is 9.97 Å². The third-order valence-electron chi connectivity index (χ3n) is 3.51. The van der Waals surface area contributed by atoms with E-state index in [1.165, 1.54) is 6.20 Å². The third-order valence-corrected chi connectivity index (χ3v) is 5.27. The summed E-state index contributed by atoms with van der Waals surface area (Å²) in [6.45, 7) is 4.14. The minimum absolute atomic E-state index is 0.0280. The van der Waals surface area contributed by atoms with Gasteiger partial charge in [0.15, 0.2) is 16.8 Å². The molecule has 1 aromatic heterocycles. The molecule has 0 radical (unpaired) electrons. The highest BCUT2D eigenvalue weighted by Crippen LogP contribution is 2.42. The molecule has 21 heavy (non-hydrogen) atoms. The standard InChI is InChI=1S/C13H18ClN3O3S/c1-13(2)19-8-6-21-10(9(8)20-13)7(18)5-17-12-11(14)15-3-4-16-12/h3-4,7-10,18H,5-6H2,1-2H3,(H,16,17)/t7?,8?,9?,10-/m0/s1. The number of halogens is 1. The number of anilines is 1. The molecule has 2 fully saturated rings. The molecule has 0 spiro atoms. The lowest BCUT2D eigenvalue weighted by Crippen LogP contribution is -2.40. The first-order chi connectivity index (χ1) is 9.96. The number of aliphatic hydroxyl groups is 1. The van der Waals surface area contributed by atoms with Crippen LogP contribution >= 0.6 is 23.4 Å². The molecule has 3 unspecified atom stereocenters. The lowest BCUT2D eigenvalue weighted by molar-refractivity contribution is -0.147. The Morgan fingerprint density at radius 3 is 3.00 bits per heavy atom. The molecule has 6 nitrogen and oxygen atoms in total. The van der Waals surface area contributed by atoms with Crippen molar-refractivity contribution in [2.75, 3.05) is 17.6 Å². The molecule has 0 bridgehead atoms. The van der Waals surface area contributed by atoms with E-state index in [-0.39, 0.29) is 17.5 Å². The fourth-order valence-corrected chi connectivity index (χ4v) is 4.24. The lowest BCUT2D eigenvalue weighted by Gasteiger charge is -2.25. The van der Waals surface area contributed by atoms with Crippen LogP contribution in [0.4, 0.5) is 5.82 Å². The summed E-state index contributed by atoms with van der Waals surface area (Å²) >= 11 is 7.60. The topological polar surface area (TPSA) is 76.5 Å². The van der Waals surface area contributed by atoms with Crippen molar-refractivity contribution in [3.63, 3.8) is 0 Å². The number of nitrogens with one attached hydrogen (secondary N) is 1. The predicted molar refractivity (Wildman–Crippen MR) is 81.6 cm³/mol. The number of thioether (sulfide) groups is 1. The Bertz CT molecular complexity index is 519. The molecule has 2 aliphatic heterocycles. The zero-order chi connectivity index (χ0) is 15.0. The van der Waals surface area contributed by atoms with Crippen LogP contribution in [0.25, 0.3) is 0 Å². The summed E-state index contributed by atoms with van der Waals surface area (Å²) in [6, 6.07) is 0. The van der Waals surface area contributed by atoms with Crippen LogP contribution in [0.2, 0.25) is 5.15 Å². The van der Waals surface area contributed by atoms with Crippen LogP contribution in [0.5, 0.6) is 0 Å². The quantitative estimate of drug-likeness (QED) is 0.866. The molecule has 3 rings (SSSR count). The number of aliphatic hydroxyl groups excluding tert-OH is 1. The molecule has 0 saturated carbocycles. The van der Waals surface area contributed by atoms with Gasteiger partial charge in [-0.1, -0.05) is 11.6 Å². The maximum absolute atomic E-state index is 10.4. The van der Waals surface area contributed by atoms with E-state index in [9.17, 15) is 5.11 Å². The van der Waals surface area contributed by atoms with Crippen molar-refractivity contribution in [2.45, 2.75) is 43.2 Å². The lowest BCUT2D eigenvalue weighted by atomic mass is 10.1. The first kappa shape index (κ1) is 15.3. The van der Waals surface area contributed by atoms with Crippen molar-refractivity contribution in [3.05, 3.63) is 17.5 Å². The van der Waals surface area contributed by atoms with E-state index in [4.69, 9.17) is 21.1 Å². The summed E-state index contributed by atoms with van der Waals surface area (Å²) < 4.78 is 11.7. The SMILES string of the molecule is CC1(C)OC2CS[C@@H](C(O)CNc3nccnc3Cl)C2O1. The summed E-state index contributed by atoms with van der Waals surface area (Å²) in [5.41, 5.74) is 0. The number of rotatable bonds is 4. The van der Waals surface area contributed by atoms with Gasteiger partial charge < -0.3 is 19.9 Å². The van der Waals surface area contributed by atoms with Gasteiger partial charge in [0.1, 0.15) is 6.10 Å². The second kappa shape index (κ2) is 5.89. The largest absolute Gasteiger partial charge is 0.390 e. The maximum Gasteiger partial charge on any atom is 0.171 e. The smallest absolute Gasteiger partial charge is 0.171 e. The second-order valence-corrected chi connectivity index (χ2v) is 7.15. The number of fused-ring (bicyclic) bond motifs is 1. The van der Waals surface area contributed by atoms with Crippen LogP contribution in [-0.2, 0) is 9.47 Å². The Morgan fingerprint density at radius 2 is 2.24 bits per heavy atom. The third kappa shape index (κ3) is 3.27. The molecule has 0 aliphatic carbocycles. The van der Waals surface area contributed by atoms with Crippen LogP contribution in [0.15, 0.2) is 12.4 Å². The molecule has 0 aromatic carbocycles. The van der Waals surface area contributed by atoms with E-state index >= 15 is 0 Å². The van der Waals surface area contributed by atoms with Crippen molar-refractivity contribution in [1.29, 1.82) is 0 Å². The Labute approximate surface area is 132 Å². The molecule has 2 saturated heterocycles. The van der Waals surface area contributed by atoms with Crippen molar-refractivity contribution in [3.8, 4) is 0 Å². The number of ether oxygens (including phenoxy) is 2. The van der Waals surface area contributed by atoms with Gasteiger partial charge in [-0.05, 0) is 13.8 Å². The number of aromatic nitrogens is 2. The van der Waals surface area contributed by atoms with Gasteiger partial charge >= 0.3 is 0 Å². The van der Waals surface area contributed by atoms with E-state index in [1.807, 2.05) is 13.8 Å². The minimum atomic E-state index is -0.583. The normalized spacial score (nSPS) is 31.9. The number of hydrogen-bond donors (Lipinski definition) is 2. The second-order valence-electron chi connectivity index (χ2n) is 5.58. The van der Waals surface area contributed by atoms with Gasteiger partial charge in [-0.3, -0.25) is 0 Å². The van der Waals surface area contributed by atoms with E-state index in [2.05, 4.69) is 15.3 Å². The highest BCUT2D eigenvalue weighted by Gasteiger charge is 2.51. The molecule has 0 amide bonds. The molecule has 1 aromatic rings. The maximum atomic E-state index is 10.4. The van der Waals surface area contributed by atoms with Crippen molar-refractivity contribution < 1.29 is 14.6 Å². The molecule has 8 heteroatoms. The Kier molecular flexibility index (Phi) is 4.29. The highest BCUT2D eigenvalue weighted by atomic mass is 35.5. The fraction of sp³-hybridized carbons (Fsp3) is 0.692. The number of hydrogen-bond acceptors (Lipinski definition) is 7. The van der Waals surface area contributed by atoms with Gasteiger partial charge in [-0.15, -0.1) is 0 Å². The Balaban J connectivity index is 1.59. The van der Waals surface area contributed by atoms with Crippen LogP contribution in [0.1, 0.15) is 13.8 Å². The zero-order valence-corrected chi connectivity index (χ0v) is 13.4. The minimum Gasteiger partial charge on any atom is -0.390 e. The Hall–Kier alpha value is -0.600. The highest BCUT2D eigenvalue weighted by molar-refractivity contribution is 8.00. The van der Waals surface area contributed by atoms with Gasteiger partial charge in [0.2, 0.25) is 0 Å². The van der Waals surface area contributed by atoms with E-state index in [1.54, 1.807) is 18.0 Å². The molecule has 116 valence electrons. The molecular formula is C13H18ClN3O3S. The van der Waals surface area contributed by atoms with Crippen molar-refractivity contribution >= 4 is 29.2 Å². The summed E-state index contributed by atoms with van der Waals surface area (Å²) in [7, 11) is 0. The number of nitrogens with zero attached hydrogens (tertiary/aromatic N) is 2. The van der Waals surface area contributed by atoms with Crippen LogP contribution < -0.4 is 5.32 Å². The summed E-state index contributed by atoms with van der Waals surface area (Å²) in [5, 5.41) is 13.7.